The number of benzene rings is 1. The van der Waals surface area contributed by atoms with E-state index in [9.17, 15) is 10.1 Å². The molecule has 0 radical (unpaired) electrons. The number of rotatable bonds is 2. The standard InChI is InChI=1S/C10H11NO4/c1-14-9-5-4-8(11(12)13)7-3-2-6-15-10(7)9/h4-5H,2-3,6H2,1H3. The van der Waals surface area contributed by atoms with Crippen molar-refractivity contribution in [2.75, 3.05) is 13.7 Å². The average Bonchev–Trinajstić information content (AvgIpc) is 2.27. The molecule has 1 heterocycles. The van der Waals surface area contributed by atoms with Gasteiger partial charge in [0.2, 0.25) is 0 Å². The molecule has 1 aromatic rings. The number of hydrogen-bond donors (Lipinski definition) is 0. The third kappa shape index (κ3) is 1.60. The van der Waals surface area contributed by atoms with E-state index in [1.807, 2.05) is 0 Å². The Morgan fingerprint density at radius 3 is 3.00 bits per heavy atom. The number of methoxy groups -OCH3 is 1. The second-order valence-electron chi connectivity index (χ2n) is 3.30. The van der Waals surface area contributed by atoms with Gasteiger partial charge in [-0.3, -0.25) is 10.1 Å². The summed E-state index contributed by atoms with van der Waals surface area (Å²) < 4.78 is 10.5. The molecule has 0 spiro atoms. The largest absolute Gasteiger partial charge is 0.493 e. The number of nitrogens with zero attached hydrogens (tertiary/aromatic N) is 1. The summed E-state index contributed by atoms with van der Waals surface area (Å²) in [6.45, 7) is 0.588. The van der Waals surface area contributed by atoms with Crippen LogP contribution < -0.4 is 9.47 Å². The quantitative estimate of drug-likeness (QED) is 0.551. The molecule has 0 unspecified atom stereocenters. The molecule has 15 heavy (non-hydrogen) atoms. The predicted octanol–water partition coefficient (Wildman–Crippen LogP) is 1.93. The highest BCUT2D eigenvalue weighted by Crippen LogP contribution is 2.40. The first-order valence-corrected chi connectivity index (χ1v) is 4.71. The lowest BCUT2D eigenvalue weighted by Crippen LogP contribution is -2.11. The number of hydrogen-bond acceptors (Lipinski definition) is 4. The van der Waals surface area contributed by atoms with Gasteiger partial charge in [0, 0.05) is 6.07 Å². The highest BCUT2D eigenvalue weighted by Gasteiger charge is 2.24. The van der Waals surface area contributed by atoms with Crippen molar-refractivity contribution in [2.45, 2.75) is 12.8 Å². The first kappa shape index (κ1) is 9.76. The topological polar surface area (TPSA) is 61.6 Å². The van der Waals surface area contributed by atoms with Crippen molar-refractivity contribution in [3.63, 3.8) is 0 Å². The van der Waals surface area contributed by atoms with Crippen molar-refractivity contribution in [3.05, 3.63) is 27.8 Å². The Bertz CT molecular complexity index is 403. The Hall–Kier alpha value is -1.78. The summed E-state index contributed by atoms with van der Waals surface area (Å²) in [6, 6.07) is 3.04. The number of ether oxygens (including phenoxy) is 2. The van der Waals surface area contributed by atoms with Gasteiger partial charge >= 0.3 is 0 Å². The van der Waals surface area contributed by atoms with E-state index in [0.29, 0.717) is 30.1 Å². The van der Waals surface area contributed by atoms with Crippen LogP contribution in [0.2, 0.25) is 0 Å². The molecular weight excluding hydrogens is 198 g/mol. The Balaban J connectivity index is 2.57. The summed E-state index contributed by atoms with van der Waals surface area (Å²) in [6.07, 6.45) is 1.48. The van der Waals surface area contributed by atoms with Crippen molar-refractivity contribution < 1.29 is 14.4 Å². The molecule has 5 nitrogen and oxygen atoms in total. The zero-order valence-corrected chi connectivity index (χ0v) is 8.36. The predicted molar refractivity (Wildman–Crippen MR) is 53.5 cm³/mol. The van der Waals surface area contributed by atoms with Crippen LogP contribution in [0, 0.1) is 10.1 Å². The van der Waals surface area contributed by atoms with E-state index < -0.39 is 0 Å². The molecule has 5 heteroatoms. The minimum absolute atomic E-state index is 0.116. The van der Waals surface area contributed by atoms with Crippen molar-refractivity contribution >= 4 is 5.69 Å². The van der Waals surface area contributed by atoms with Crippen LogP contribution in [0.5, 0.6) is 11.5 Å². The fourth-order valence-electron chi connectivity index (χ4n) is 1.75. The van der Waals surface area contributed by atoms with E-state index in [1.54, 1.807) is 6.07 Å². The fourth-order valence-corrected chi connectivity index (χ4v) is 1.75. The van der Waals surface area contributed by atoms with Gasteiger partial charge in [-0.2, -0.15) is 0 Å². The summed E-state index contributed by atoms with van der Waals surface area (Å²) in [7, 11) is 1.53. The Morgan fingerprint density at radius 1 is 1.53 bits per heavy atom. The molecule has 0 aliphatic carbocycles. The molecule has 0 saturated carbocycles. The van der Waals surface area contributed by atoms with Gasteiger partial charge in [0.1, 0.15) is 0 Å². The summed E-state index contributed by atoms with van der Waals surface area (Å²) in [4.78, 5) is 10.4. The third-order valence-electron chi connectivity index (χ3n) is 2.43. The highest BCUT2D eigenvalue weighted by atomic mass is 16.6. The maximum Gasteiger partial charge on any atom is 0.276 e. The van der Waals surface area contributed by atoms with Crippen LogP contribution in [0.1, 0.15) is 12.0 Å². The molecule has 0 bridgehead atoms. The van der Waals surface area contributed by atoms with E-state index in [0.717, 1.165) is 6.42 Å². The smallest absolute Gasteiger partial charge is 0.276 e. The molecule has 0 N–H and O–H groups in total. The Kier molecular flexibility index (Phi) is 2.45. The van der Waals surface area contributed by atoms with Crippen LogP contribution in [0.15, 0.2) is 12.1 Å². The lowest BCUT2D eigenvalue weighted by atomic mass is 10.0. The third-order valence-corrected chi connectivity index (χ3v) is 2.43. The fraction of sp³-hybridized carbons (Fsp3) is 0.400. The first-order chi connectivity index (χ1) is 7.24. The molecule has 80 valence electrons. The van der Waals surface area contributed by atoms with E-state index in [-0.39, 0.29) is 10.6 Å². The molecule has 0 amide bonds. The van der Waals surface area contributed by atoms with Crippen LogP contribution in [0.25, 0.3) is 0 Å². The second kappa shape index (κ2) is 3.76. The highest BCUT2D eigenvalue weighted by molar-refractivity contribution is 5.57. The normalized spacial score (nSPS) is 13.9. The summed E-state index contributed by atoms with van der Waals surface area (Å²) >= 11 is 0. The molecule has 1 aliphatic rings. The van der Waals surface area contributed by atoms with Crippen LogP contribution >= 0.6 is 0 Å². The summed E-state index contributed by atoms with van der Waals surface area (Å²) in [5.41, 5.74) is 0.760. The van der Waals surface area contributed by atoms with Gasteiger partial charge in [0.05, 0.1) is 24.2 Å². The lowest BCUT2D eigenvalue weighted by molar-refractivity contribution is -0.385. The molecule has 0 atom stereocenters. The Labute approximate surface area is 86.8 Å². The van der Waals surface area contributed by atoms with Crippen LogP contribution in [-0.4, -0.2) is 18.6 Å². The van der Waals surface area contributed by atoms with Crippen LogP contribution in [0.3, 0.4) is 0 Å². The maximum absolute atomic E-state index is 10.8. The molecule has 0 fully saturated rings. The number of nitro groups is 1. The molecule has 1 aliphatic heterocycles. The summed E-state index contributed by atoms with van der Waals surface area (Å²) in [5.74, 6) is 1.09. The molecule has 1 aromatic carbocycles. The van der Waals surface area contributed by atoms with Gasteiger partial charge < -0.3 is 9.47 Å². The van der Waals surface area contributed by atoms with E-state index in [4.69, 9.17) is 9.47 Å². The van der Waals surface area contributed by atoms with Gasteiger partial charge in [0.15, 0.2) is 11.5 Å². The van der Waals surface area contributed by atoms with Gasteiger partial charge in [-0.15, -0.1) is 0 Å². The first-order valence-electron chi connectivity index (χ1n) is 4.71. The SMILES string of the molecule is COc1ccc([N+](=O)[O-])c2c1OCCC2. The van der Waals surface area contributed by atoms with Crippen LogP contribution in [-0.2, 0) is 6.42 Å². The van der Waals surface area contributed by atoms with Crippen LogP contribution in [0.4, 0.5) is 5.69 Å². The number of fused-ring (bicyclic) bond motifs is 1. The van der Waals surface area contributed by atoms with E-state index in [1.165, 1.54) is 13.2 Å². The second-order valence-corrected chi connectivity index (χ2v) is 3.30. The average molecular weight is 209 g/mol. The van der Waals surface area contributed by atoms with Gasteiger partial charge in [-0.05, 0) is 18.9 Å². The lowest BCUT2D eigenvalue weighted by Gasteiger charge is -2.19. The molecule has 0 saturated heterocycles. The van der Waals surface area contributed by atoms with Gasteiger partial charge in [-0.1, -0.05) is 0 Å². The van der Waals surface area contributed by atoms with Crippen molar-refractivity contribution in [3.8, 4) is 11.5 Å². The minimum Gasteiger partial charge on any atom is -0.493 e. The van der Waals surface area contributed by atoms with E-state index >= 15 is 0 Å². The zero-order valence-electron chi connectivity index (χ0n) is 8.36. The van der Waals surface area contributed by atoms with Gasteiger partial charge in [0.25, 0.3) is 5.69 Å². The van der Waals surface area contributed by atoms with Crippen molar-refractivity contribution in [2.24, 2.45) is 0 Å². The minimum atomic E-state index is -0.382. The summed E-state index contributed by atoms with van der Waals surface area (Å²) in [5, 5.41) is 10.8. The zero-order chi connectivity index (χ0) is 10.8. The maximum atomic E-state index is 10.8. The Morgan fingerprint density at radius 2 is 2.33 bits per heavy atom. The molecular formula is C10H11NO4. The van der Waals surface area contributed by atoms with Crippen molar-refractivity contribution in [1.82, 2.24) is 0 Å². The van der Waals surface area contributed by atoms with Gasteiger partial charge in [-0.25, -0.2) is 0 Å². The number of nitro benzene ring substituents is 1. The monoisotopic (exact) mass is 209 g/mol. The van der Waals surface area contributed by atoms with Crippen molar-refractivity contribution in [1.29, 1.82) is 0 Å². The molecule has 0 aromatic heterocycles. The molecule has 2 rings (SSSR count). The van der Waals surface area contributed by atoms with E-state index in [2.05, 4.69) is 0 Å².